The van der Waals surface area contributed by atoms with E-state index in [1.165, 1.54) is 0 Å². The third-order valence-electron chi connectivity index (χ3n) is 2.97. The number of hydrogen-bond acceptors (Lipinski definition) is 2. The summed E-state index contributed by atoms with van der Waals surface area (Å²) in [7, 11) is 0. The van der Waals surface area contributed by atoms with Crippen LogP contribution in [0.3, 0.4) is 0 Å². The van der Waals surface area contributed by atoms with Gasteiger partial charge in [-0.2, -0.15) is 0 Å². The molecule has 3 rings (SSSR count). The molecule has 0 unspecified atom stereocenters. The number of aryl methyl sites for hydroxylation is 1. The Morgan fingerprint density at radius 3 is 2.76 bits per heavy atom. The first-order valence-corrected chi connectivity index (χ1v) is 6.31. The second-order valence-electron chi connectivity index (χ2n) is 4.13. The predicted octanol–water partition coefficient (Wildman–Crippen LogP) is 3.94. The Morgan fingerprint density at radius 1 is 1.06 bits per heavy atom. The molecule has 0 radical (unpaired) electrons. The van der Waals surface area contributed by atoms with Crippen LogP contribution in [-0.4, -0.2) is 9.97 Å². The van der Waals surface area contributed by atoms with Crippen molar-refractivity contribution in [2.45, 2.75) is 19.3 Å². The van der Waals surface area contributed by atoms with Gasteiger partial charge in [0, 0.05) is 21.8 Å². The first-order valence-electron chi connectivity index (χ1n) is 5.55. The van der Waals surface area contributed by atoms with Gasteiger partial charge in [-0.15, -0.1) is 0 Å². The zero-order valence-electron chi connectivity index (χ0n) is 9.08. The number of benzene rings is 1. The first-order chi connectivity index (χ1) is 8.24. The molecular formula is C13H10Cl2N2. The van der Waals surface area contributed by atoms with Gasteiger partial charge in [0.15, 0.2) is 5.82 Å². The van der Waals surface area contributed by atoms with Gasteiger partial charge in [0.25, 0.3) is 0 Å². The highest BCUT2D eigenvalue weighted by Gasteiger charge is 2.18. The zero-order chi connectivity index (χ0) is 11.8. The van der Waals surface area contributed by atoms with Gasteiger partial charge >= 0.3 is 0 Å². The standard InChI is InChI=1S/C13H10Cl2N2/c14-9-4-1-3-8(7-9)13-16-11-6-2-5-10(11)12(15)17-13/h1,3-4,7H,2,5-6H2. The molecule has 1 aliphatic rings. The van der Waals surface area contributed by atoms with E-state index in [1.54, 1.807) is 0 Å². The highest BCUT2D eigenvalue weighted by Crippen LogP contribution is 2.29. The third-order valence-corrected chi connectivity index (χ3v) is 3.51. The number of nitrogens with zero attached hydrogens (tertiary/aromatic N) is 2. The minimum absolute atomic E-state index is 0.586. The Bertz CT molecular complexity index is 582. The molecule has 17 heavy (non-hydrogen) atoms. The molecule has 0 spiro atoms. The van der Waals surface area contributed by atoms with Crippen LogP contribution in [0.4, 0.5) is 0 Å². The lowest BCUT2D eigenvalue weighted by Crippen LogP contribution is -1.97. The Hall–Kier alpha value is -1.12. The molecule has 0 fully saturated rings. The van der Waals surface area contributed by atoms with Crippen LogP contribution in [0.2, 0.25) is 10.2 Å². The van der Waals surface area contributed by atoms with E-state index >= 15 is 0 Å². The van der Waals surface area contributed by atoms with Crippen molar-refractivity contribution in [3.63, 3.8) is 0 Å². The van der Waals surface area contributed by atoms with E-state index in [9.17, 15) is 0 Å². The minimum atomic E-state index is 0.586. The topological polar surface area (TPSA) is 25.8 Å². The van der Waals surface area contributed by atoms with Crippen molar-refractivity contribution in [3.8, 4) is 11.4 Å². The van der Waals surface area contributed by atoms with Crippen LogP contribution in [0.5, 0.6) is 0 Å². The molecule has 0 atom stereocenters. The molecule has 1 aromatic carbocycles. The monoisotopic (exact) mass is 264 g/mol. The van der Waals surface area contributed by atoms with Gasteiger partial charge in [-0.05, 0) is 31.4 Å². The average molecular weight is 265 g/mol. The zero-order valence-corrected chi connectivity index (χ0v) is 10.6. The van der Waals surface area contributed by atoms with E-state index in [0.29, 0.717) is 16.0 Å². The number of rotatable bonds is 1. The largest absolute Gasteiger partial charge is 0.233 e. The maximum absolute atomic E-state index is 6.18. The number of aromatic nitrogens is 2. The van der Waals surface area contributed by atoms with E-state index < -0.39 is 0 Å². The third kappa shape index (κ3) is 2.03. The van der Waals surface area contributed by atoms with Crippen molar-refractivity contribution in [2.24, 2.45) is 0 Å². The van der Waals surface area contributed by atoms with Crippen molar-refractivity contribution in [1.82, 2.24) is 9.97 Å². The Kier molecular flexibility index (Phi) is 2.77. The van der Waals surface area contributed by atoms with Gasteiger partial charge in [0.05, 0.1) is 0 Å². The summed E-state index contributed by atoms with van der Waals surface area (Å²) in [5.74, 6) is 0.665. The summed E-state index contributed by atoms with van der Waals surface area (Å²) in [6.07, 6.45) is 3.10. The van der Waals surface area contributed by atoms with Gasteiger partial charge in [-0.25, -0.2) is 9.97 Å². The summed E-state index contributed by atoms with van der Waals surface area (Å²) in [5, 5.41) is 1.27. The summed E-state index contributed by atoms with van der Waals surface area (Å²) in [4.78, 5) is 8.92. The van der Waals surface area contributed by atoms with Gasteiger partial charge in [0.1, 0.15) is 5.15 Å². The smallest absolute Gasteiger partial charge is 0.161 e. The minimum Gasteiger partial charge on any atom is -0.233 e. The van der Waals surface area contributed by atoms with Crippen LogP contribution < -0.4 is 0 Å². The molecule has 0 N–H and O–H groups in total. The molecule has 0 saturated carbocycles. The molecule has 0 aliphatic heterocycles. The van der Waals surface area contributed by atoms with E-state index in [1.807, 2.05) is 24.3 Å². The SMILES string of the molecule is Clc1cccc(-c2nc(Cl)c3c(n2)CCC3)c1. The van der Waals surface area contributed by atoms with E-state index in [2.05, 4.69) is 9.97 Å². The number of hydrogen-bond donors (Lipinski definition) is 0. The van der Waals surface area contributed by atoms with Crippen LogP contribution in [-0.2, 0) is 12.8 Å². The Labute approximate surface area is 110 Å². The molecule has 4 heteroatoms. The fraction of sp³-hybridized carbons (Fsp3) is 0.231. The molecular weight excluding hydrogens is 255 g/mol. The number of fused-ring (bicyclic) bond motifs is 1. The van der Waals surface area contributed by atoms with E-state index in [0.717, 1.165) is 36.1 Å². The summed E-state index contributed by atoms with van der Waals surface area (Å²) in [5.41, 5.74) is 3.10. The summed E-state index contributed by atoms with van der Waals surface area (Å²) < 4.78 is 0. The Balaban J connectivity index is 2.13. The fourth-order valence-electron chi connectivity index (χ4n) is 2.14. The number of halogens is 2. The van der Waals surface area contributed by atoms with Crippen LogP contribution in [0.25, 0.3) is 11.4 Å². The molecule has 0 saturated heterocycles. The summed E-state index contributed by atoms with van der Waals surface area (Å²) in [6, 6.07) is 7.52. The molecule has 0 bridgehead atoms. The van der Waals surface area contributed by atoms with Crippen LogP contribution in [0.15, 0.2) is 24.3 Å². The molecule has 1 aliphatic carbocycles. The van der Waals surface area contributed by atoms with Crippen molar-refractivity contribution in [2.75, 3.05) is 0 Å². The van der Waals surface area contributed by atoms with Gasteiger partial charge in [-0.3, -0.25) is 0 Å². The van der Waals surface area contributed by atoms with Crippen molar-refractivity contribution in [3.05, 3.63) is 45.7 Å². The fourth-order valence-corrected chi connectivity index (χ4v) is 2.62. The second kappa shape index (κ2) is 4.28. The Morgan fingerprint density at radius 2 is 1.94 bits per heavy atom. The molecule has 86 valence electrons. The van der Waals surface area contributed by atoms with Gasteiger partial charge < -0.3 is 0 Å². The van der Waals surface area contributed by atoms with Crippen LogP contribution in [0, 0.1) is 0 Å². The van der Waals surface area contributed by atoms with Crippen molar-refractivity contribution in [1.29, 1.82) is 0 Å². The average Bonchev–Trinajstić information content (AvgIpc) is 2.77. The van der Waals surface area contributed by atoms with E-state index in [4.69, 9.17) is 23.2 Å². The molecule has 0 amide bonds. The second-order valence-corrected chi connectivity index (χ2v) is 4.92. The first kappa shape index (κ1) is 11.0. The van der Waals surface area contributed by atoms with Crippen LogP contribution in [0.1, 0.15) is 17.7 Å². The lowest BCUT2D eigenvalue weighted by atomic mass is 10.2. The maximum atomic E-state index is 6.18. The van der Waals surface area contributed by atoms with E-state index in [-0.39, 0.29) is 0 Å². The maximum Gasteiger partial charge on any atom is 0.161 e. The summed E-state index contributed by atoms with van der Waals surface area (Å²) >= 11 is 12.1. The molecule has 2 aromatic rings. The normalized spacial score (nSPS) is 13.8. The molecule has 1 aromatic heterocycles. The molecule has 1 heterocycles. The highest BCUT2D eigenvalue weighted by atomic mass is 35.5. The molecule has 2 nitrogen and oxygen atoms in total. The van der Waals surface area contributed by atoms with Crippen molar-refractivity contribution >= 4 is 23.2 Å². The van der Waals surface area contributed by atoms with Crippen LogP contribution >= 0.6 is 23.2 Å². The van der Waals surface area contributed by atoms with Gasteiger partial charge in [-0.1, -0.05) is 35.3 Å². The van der Waals surface area contributed by atoms with Gasteiger partial charge in [0.2, 0.25) is 0 Å². The lowest BCUT2D eigenvalue weighted by molar-refractivity contribution is 0.900. The highest BCUT2D eigenvalue weighted by molar-refractivity contribution is 6.31. The lowest BCUT2D eigenvalue weighted by Gasteiger charge is -2.05. The van der Waals surface area contributed by atoms with Crippen molar-refractivity contribution < 1.29 is 0 Å². The predicted molar refractivity (Wildman–Crippen MR) is 69.5 cm³/mol. The quantitative estimate of drug-likeness (QED) is 0.730. The summed E-state index contributed by atoms with van der Waals surface area (Å²) in [6.45, 7) is 0.